The maximum Gasteiger partial charge on any atom is 0.408 e. The summed E-state index contributed by atoms with van der Waals surface area (Å²) in [5, 5.41) is 4.81. The SMILES string of the molecule is CCCc1ccc(C(NC(=O)C2CCC(C(F)(F)F)NC2=O)c2ccccc2)cc1. The minimum atomic E-state index is -4.51. The van der Waals surface area contributed by atoms with Crippen LogP contribution >= 0.6 is 0 Å². The predicted octanol–water partition coefficient (Wildman–Crippen LogP) is 4.30. The van der Waals surface area contributed by atoms with Gasteiger partial charge < -0.3 is 10.6 Å². The molecular formula is C23H25F3N2O2. The average molecular weight is 418 g/mol. The quantitative estimate of drug-likeness (QED) is 0.687. The fourth-order valence-corrected chi connectivity index (χ4v) is 3.72. The van der Waals surface area contributed by atoms with Crippen molar-refractivity contribution in [2.45, 2.75) is 50.9 Å². The van der Waals surface area contributed by atoms with Crippen molar-refractivity contribution in [3.8, 4) is 0 Å². The number of hydrogen-bond donors (Lipinski definition) is 2. The third-order valence-corrected chi connectivity index (χ3v) is 5.36. The van der Waals surface area contributed by atoms with Crippen LogP contribution in [0.25, 0.3) is 0 Å². The third-order valence-electron chi connectivity index (χ3n) is 5.36. The molecule has 1 heterocycles. The van der Waals surface area contributed by atoms with Gasteiger partial charge in [-0.05, 0) is 36.0 Å². The molecule has 3 rings (SSSR count). The normalized spacial score (nSPS) is 20.3. The van der Waals surface area contributed by atoms with Crippen LogP contribution in [0.3, 0.4) is 0 Å². The van der Waals surface area contributed by atoms with Gasteiger partial charge in [0.25, 0.3) is 0 Å². The molecule has 2 N–H and O–H groups in total. The zero-order valence-corrected chi connectivity index (χ0v) is 16.7. The molecule has 1 fully saturated rings. The van der Waals surface area contributed by atoms with Gasteiger partial charge in [-0.25, -0.2) is 0 Å². The van der Waals surface area contributed by atoms with Crippen molar-refractivity contribution >= 4 is 11.8 Å². The topological polar surface area (TPSA) is 58.2 Å². The van der Waals surface area contributed by atoms with Gasteiger partial charge in [0.15, 0.2) is 0 Å². The van der Waals surface area contributed by atoms with Gasteiger partial charge in [-0.1, -0.05) is 67.9 Å². The molecule has 0 aromatic heterocycles. The van der Waals surface area contributed by atoms with Crippen LogP contribution in [-0.4, -0.2) is 24.0 Å². The van der Waals surface area contributed by atoms with Crippen LogP contribution in [0.2, 0.25) is 0 Å². The summed E-state index contributed by atoms with van der Waals surface area (Å²) in [4.78, 5) is 25.0. The molecule has 2 aromatic rings. The van der Waals surface area contributed by atoms with Crippen molar-refractivity contribution in [1.29, 1.82) is 0 Å². The molecule has 30 heavy (non-hydrogen) atoms. The first-order chi connectivity index (χ1) is 14.3. The number of halogens is 3. The van der Waals surface area contributed by atoms with E-state index in [-0.39, 0.29) is 12.8 Å². The molecule has 2 amide bonds. The molecular weight excluding hydrogens is 393 g/mol. The first kappa shape index (κ1) is 21.9. The van der Waals surface area contributed by atoms with E-state index in [2.05, 4.69) is 12.2 Å². The molecule has 3 atom stereocenters. The number of rotatable bonds is 6. The van der Waals surface area contributed by atoms with Crippen molar-refractivity contribution in [3.63, 3.8) is 0 Å². The van der Waals surface area contributed by atoms with E-state index in [9.17, 15) is 22.8 Å². The molecule has 0 aliphatic carbocycles. The summed E-state index contributed by atoms with van der Waals surface area (Å²) >= 11 is 0. The minimum absolute atomic E-state index is 0.140. The Bertz CT molecular complexity index is 866. The Balaban J connectivity index is 1.78. The van der Waals surface area contributed by atoms with E-state index in [0.29, 0.717) is 0 Å². The van der Waals surface area contributed by atoms with Crippen LogP contribution < -0.4 is 10.6 Å². The molecule has 0 bridgehead atoms. The summed E-state index contributed by atoms with van der Waals surface area (Å²) in [6, 6.07) is 14.8. The lowest BCUT2D eigenvalue weighted by Crippen LogP contribution is -2.54. The van der Waals surface area contributed by atoms with Crippen LogP contribution in [-0.2, 0) is 16.0 Å². The summed E-state index contributed by atoms with van der Waals surface area (Å²) < 4.78 is 38.6. The monoisotopic (exact) mass is 418 g/mol. The van der Waals surface area contributed by atoms with E-state index < -0.39 is 36.0 Å². The number of nitrogens with one attached hydrogen (secondary N) is 2. The van der Waals surface area contributed by atoms with Gasteiger partial charge in [-0.15, -0.1) is 0 Å². The molecule has 2 aromatic carbocycles. The highest BCUT2D eigenvalue weighted by Crippen LogP contribution is 2.29. The summed E-state index contributed by atoms with van der Waals surface area (Å²) in [6.07, 6.45) is -2.99. The van der Waals surface area contributed by atoms with Crippen LogP contribution in [0.4, 0.5) is 13.2 Å². The molecule has 7 heteroatoms. The van der Waals surface area contributed by atoms with E-state index >= 15 is 0 Å². The Labute approximate surface area is 173 Å². The molecule has 1 saturated heterocycles. The Hall–Kier alpha value is -2.83. The van der Waals surface area contributed by atoms with E-state index in [1.165, 1.54) is 5.56 Å². The van der Waals surface area contributed by atoms with Gasteiger partial charge in [0, 0.05) is 0 Å². The molecule has 0 saturated carbocycles. The van der Waals surface area contributed by atoms with Gasteiger partial charge in [0.1, 0.15) is 12.0 Å². The Morgan fingerprint density at radius 1 is 1.07 bits per heavy atom. The maximum absolute atomic E-state index is 12.9. The van der Waals surface area contributed by atoms with E-state index in [4.69, 9.17) is 0 Å². The first-order valence-corrected chi connectivity index (χ1v) is 10.1. The van der Waals surface area contributed by atoms with Crippen LogP contribution in [0, 0.1) is 5.92 Å². The number of carbonyl (C=O) groups is 2. The largest absolute Gasteiger partial charge is 0.408 e. The second-order valence-corrected chi connectivity index (χ2v) is 7.58. The first-order valence-electron chi connectivity index (χ1n) is 10.1. The number of piperidine rings is 1. The van der Waals surface area contributed by atoms with Crippen molar-refractivity contribution < 1.29 is 22.8 Å². The molecule has 0 radical (unpaired) electrons. The summed E-state index contributed by atoms with van der Waals surface area (Å²) in [5.74, 6) is -2.60. The number of aryl methyl sites for hydroxylation is 1. The zero-order valence-electron chi connectivity index (χ0n) is 16.7. The number of hydrogen-bond acceptors (Lipinski definition) is 2. The van der Waals surface area contributed by atoms with Crippen molar-refractivity contribution in [2.24, 2.45) is 5.92 Å². The lowest BCUT2D eigenvalue weighted by molar-refractivity contribution is -0.171. The Morgan fingerprint density at radius 2 is 1.70 bits per heavy atom. The van der Waals surface area contributed by atoms with Crippen LogP contribution in [0.1, 0.15) is 48.9 Å². The molecule has 4 nitrogen and oxygen atoms in total. The van der Waals surface area contributed by atoms with Gasteiger partial charge in [0.05, 0.1) is 6.04 Å². The zero-order chi connectivity index (χ0) is 21.7. The highest BCUT2D eigenvalue weighted by Gasteiger charge is 2.46. The fourth-order valence-electron chi connectivity index (χ4n) is 3.72. The summed E-state index contributed by atoms with van der Waals surface area (Å²) in [6.45, 7) is 2.10. The van der Waals surface area contributed by atoms with E-state index in [0.717, 1.165) is 24.0 Å². The van der Waals surface area contributed by atoms with Crippen LogP contribution in [0.15, 0.2) is 54.6 Å². The second kappa shape index (κ2) is 9.32. The van der Waals surface area contributed by atoms with Crippen molar-refractivity contribution in [2.75, 3.05) is 0 Å². The Kier molecular flexibility index (Phi) is 6.80. The van der Waals surface area contributed by atoms with Crippen molar-refractivity contribution in [1.82, 2.24) is 10.6 Å². The molecule has 1 aliphatic heterocycles. The Morgan fingerprint density at radius 3 is 2.27 bits per heavy atom. The standard InChI is InChI=1S/C23H25F3N2O2/c1-2-6-15-9-11-17(12-10-15)20(16-7-4-3-5-8-16)28-22(30)18-13-14-19(23(24,25)26)27-21(18)29/h3-5,7-12,18-20H,2,6,13-14H2,1H3,(H,27,29)(H,28,30). The number of alkyl halides is 3. The number of carbonyl (C=O) groups excluding carboxylic acids is 2. The summed E-state index contributed by atoms with van der Waals surface area (Å²) in [7, 11) is 0. The van der Waals surface area contributed by atoms with Gasteiger partial charge in [0.2, 0.25) is 11.8 Å². The number of benzene rings is 2. The second-order valence-electron chi connectivity index (χ2n) is 7.58. The van der Waals surface area contributed by atoms with Gasteiger partial charge in [-0.2, -0.15) is 13.2 Å². The lowest BCUT2D eigenvalue weighted by Gasteiger charge is -2.31. The molecule has 1 aliphatic rings. The minimum Gasteiger partial charge on any atom is -0.344 e. The van der Waals surface area contributed by atoms with E-state index in [1.54, 1.807) is 0 Å². The van der Waals surface area contributed by atoms with Gasteiger partial charge >= 0.3 is 6.18 Å². The third kappa shape index (κ3) is 5.20. The average Bonchev–Trinajstić information content (AvgIpc) is 2.72. The van der Waals surface area contributed by atoms with E-state index in [1.807, 2.05) is 59.9 Å². The highest BCUT2D eigenvalue weighted by atomic mass is 19.4. The highest BCUT2D eigenvalue weighted by molar-refractivity contribution is 6.01. The predicted molar refractivity (Wildman–Crippen MR) is 108 cm³/mol. The molecule has 0 spiro atoms. The molecule has 3 unspecified atom stereocenters. The molecule has 160 valence electrons. The maximum atomic E-state index is 12.9. The number of amides is 2. The van der Waals surface area contributed by atoms with Crippen LogP contribution in [0.5, 0.6) is 0 Å². The van der Waals surface area contributed by atoms with Crippen molar-refractivity contribution in [3.05, 3.63) is 71.3 Å². The summed E-state index contributed by atoms with van der Waals surface area (Å²) in [5.41, 5.74) is 2.86. The van der Waals surface area contributed by atoms with Gasteiger partial charge in [-0.3, -0.25) is 9.59 Å². The lowest BCUT2D eigenvalue weighted by atomic mass is 9.91. The fraction of sp³-hybridized carbons (Fsp3) is 0.391. The smallest absolute Gasteiger partial charge is 0.344 e.